The predicted octanol–water partition coefficient (Wildman–Crippen LogP) is 6.56. The molecule has 2 aromatic heterocycles. The Morgan fingerprint density at radius 2 is 1.82 bits per heavy atom. The van der Waals surface area contributed by atoms with E-state index in [-0.39, 0.29) is 30.6 Å². The van der Waals surface area contributed by atoms with Crippen LogP contribution in [-0.4, -0.2) is 52.6 Å². The third-order valence-electron chi connectivity index (χ3n) is 8.18. The molecule has 0 unspecified atom stereocenters. The van der Waals surface area contributed by atoms with Crippen molar-refractivity contribution in [3.05, 3.63) is 48.2 Å². The molecule has 8 nitrogen and oxygen atoms in total. The second-order valence-electron chi connectivity index (χ2n) is 10.3. The highest BCUT2D eigenvalue weighted by molar-refractivity contribution is 5.87. The molecule has 0 bridgehead atoms. The molecule has 0 aliphatic carbocycles. The van der Waals surface area contributed by atoms with Crippen LogP contribution in [0.25, 0.3) is 21.8 Å². The molecule has 1 saturated heterocycles. The largest absolute Gasteiger partial charge is 0.493 e. The topological polar surface area (TPSA) is 89.6 Å². The molecule has 9 heteroatoms. The first-order valence-corrected chi connectivity index (χ1v) is 13.6. The lowest BCUT2D eigenvalue weighted by molar-refractivity contribution is -0.134. The number of benzene rings is 2. The number of piperidine rings is 1. The third-order valence-corrected chi connectivity index (χ3v) is 8.18. The summed E-state index contributed by atoms with van der Waals surface area (Å²) in [6.45, 7) is 8.18. The summed E-state index contributed by atoms with van der Waals surface area (Å²) in [5.41, 5.74) is 2.48. The van der Waals surface area contributed by atoms with Crippen LogP contribution < -0.4 is 14.2 Å². The van der Waals surface area contributed by atoms with Crippen LogP contribution in [0.2, 0.25) is 0 Å². The number of methoxy groups -OCH3 is 1. The number of fused-ring (bicyclic) bond motifs is 2. The predicted molar refractivity (Wildman–Crippen MR) is 148 cm³/mol. The summed E-state index contributed by atoms with van der Waals surface area (Å²) >= 11 is 0. The van der Waals surface area contributed by atoms with Crippen LogP contribution >= 0.6 is 0 Å². The number of hydrogen-bond donors (Lipinski definition) is 1. The van der Waals surface area contributed by atoms with Crippen molar-refractivity contribution in [1.29, 1.82) is 0 Å². The molecule has 0 spiro atoms. The van der Waals surface area contributed by atoms with Crippen molar-refractivity contribution >= 4 is 27.7 Å². The number of likely N-dealkylation sites (tertiary alicyclic amines) is 1. The molecule has 4 aromatic rings. The smallest absolute Gasteiger partial charge is 0.230 e. The van der Waals surface area contributed by atoms with Crippen LogP contribution in [-0.2, 0) is 4.79 Å². The molecular formula is C30H35FN4O4. The van der Waals surface area contributed by atoms with E-state index in [2.05, 4.69) is 28.8 Å². The van der Waals surface area contributed by atoms with Crippen molar-refractivity contribution in [2.24, 2.45) is 5.41 Å². The lowest BCUT2D eigenvalue weighted by Crippen LogP contribution is -2.43. The SMILES string of the molecule is CCC1(CC)CCN(C(=O)CCOc2cc3ncnc(Oc4ccc5[nH]c(C)cc5c4F)c3cc2OC)CC1. The number of aromatic amines is 1. The van der Waals surface area contributed by atoms with Crippen LogP contribution in [0.15, 0.2) is 36.7 Å². The Kier molecular flexibility index (Phi) is 7.59. The minimum Gasteiger partial charge on any atom is -0.493 e. The van der Waals surface area contributed by atoms with Gasteiger partial charge in [0.2, 0.25) is 11.8 Å². The molecule has 1 aliphatic heterocycles. The average molecular weight is 535 g/mol. The Labute approximate surface area is 227 Å². The van der Waals surface area contributed by atoms with Gasteiger partial charge in [-0.15, -0.1) is 0 Å². The number of carbonyl (C=O) groups excluding carboxylic acids is 1. The molecule has 0 atom stereocenters. The van der Waals surface area contributed by atoms with Crippen LogP contribution in [0.1, 0.15) is 51.6 Å². The molecule has 0 saturated carbocycles. The Bertz CT molecular complexity index is 1490. The molecule has 1 amide bonds. The maximum atomic E-state index is 15.1. The van der Waals surface area contributed by atoms with Gasteiger partial charge in [0, 0.05) is 35.8 Å². The van der Waals surface area contributed by atoms with Gasteiger partial charge in [0.15, 0.2) is 23.1 Å². The van der Waals surface area contributed by atoms with E-state index in [1.807, 2.05) is 11.8 Å². The van der Waals surface area contributed by atoms with Crippen molar-refractivity contribution < 1.29 is 23.4 Å². The van der Waals surface area contributed by atoms with Gasteiger partial charge in [-0.1, -0.05) is 26.7 Å². The summed E-state index contributed by atoms with van der Waals surface area (Å²) in [5.74, 6) is 0.806. The van der Waals surface area contributed by atoms with E-state index >= 15 is 4.39 Å². The molecule has 0 radical (unpaired) electrons. The second kappa shape index (κ2) is 11.1. The minimum atomic E-state index is -0.469. The summed E-state index contributed by atoms with van der Waals surface area (Å²) in [4.78, 5) is 26.5. The fraction of sp³-hybridized carbons (Fsp3) is 0.433. The van der Waals surface area contributed by atoms with E-state index in [9.17, 15) is 4.79 Å². The Hall–Kier alpha value is -3.88. The van der Waals surface area contributed by atoms with E-state index < -0.39 is 5.82 Å². The average Bonchev–Trinajstić information content (AvgIpc) is 3.35. The van der Waals surface area contributed by atoms with E-state index in [1.54, 1.807) is 30.3 Å². The van der Waals surface area contributed by atoms with Gasteiger partial charge in [-0.05, 0) is 49.4 Å². The fourth-order valence-electron chi connectivity index (χ4n) is 5.46. The number of rotatable bonds is 9. The maximum absolute atomic E-state index is 15.1. The van der Waals surface area contributed by atoms with Gasteiger partial charge in [0.25, 0.3) is 0 Å². The van der Waals surface area contributed by atoms with E-state index in [0.29, 0.717) is 38.7 Å². The number of aryl methyl sites for hydroxylation is 1. The number of aromatic nitrogens is 3. The summed E-state index contributed by atoms with van der Waals surface area (Å²) in [5, 5.41) is 0.997. The first-order valence-electron chi connectivity index (χ1n) is 13.6. The van der Waals surface area contributed by atoms with Crippen LogP contribution in [0.5, 0.6) is 23.1 Å². The number of ether oxygens (including phenoxy) is 3. The zero-order valence-corrected chi connectivity index (χ0v) is 23.0. The molecule has 2 aromatic carbocycles. The summed E-state index contributed by atoms with van der Waals surface area (Å²) in [6.07, 6.45) is 6.06. The van der Waals surface area contributed by atoms with Gasteiger partial charge in [0.05, 0.1) is 31.0 Å². The van der Waals surface area contributed by atoms with Crippen LogP contribution in [0, 0.1) is 18.2 Å². The summed E-state index contributed by atoms with van der Waals surface area (Å²) in [6, 6.07) is 8.51. The van der Waals surface area contributed by atoms with Gasteiger partial charge in [-0.3, -0.25) is 4.79 Å². The highest BCUT2D eigenvalue weighted by Gasteiger charge is 2.32. The maximum Gasteiger partial charge on any atom is 0.230 e. The van der Waals surface area contributed by atoms with Crippen molar-refractivity contribution in [1.82, 2.24) is 19.9 Å². The number of hydrogen-bond acceptors (Lipinski definition) is 6. The van der Waals surface area contributed by atoms with E-state index in [1.165, 1.54) is 13.4 Å². The molecule has 1 fully saturated rings. The number of H-pyrrole nitrogens is 1. The van der Waals surface area contributed by atoms with Crippen LogP contribution in [0.3, 0.4) is 0 Å². The third kappa shape index (κ3) is 5.35. The number of nitrogens with zero attached hydrogens (tertiary/aromatic N) is 3. The molecule has 3 heterocycles. The number of amides is 1. The monoisotopic (exact) mass is 534 g/mol. The van der Waals surface area contributed by atoms with Gasteiger partial charge in [0.1, 0.15) is 6.33 Å². The normalized spacial score (nSPS) is 15.1. The number of halogens is 1. The highest BCUT2D eigenvalue weighted by atomic mass is 19.1. The van der Waals surface area contributed by atoms with Crippen molar-refractivity contribution in [3.8, 4) is 23.1 Å². The van der Waals surface area contributed by atoms with Gasteiger partial charge in [-0.25, -0.2) is 14.4 Å². The molecule has 39 heavy (non-hydrogen) atoms. The summed E-state index contributed by atoms with van der Waals surface area (Å²) < 4.78 is 32.6. The van der Waals surface area contributed by atoms with Crippen molar-refractivity contribution in [3.63, 3.8) is 0 Å². The van der Waals surface area contributed by atoms with Crippen LogP contribution in [0.4, 0.5) is 4.39 Å². The second-order valence-corrected chi connectivity index (χ2v) is 10.3. The first kappa shape index (κ1) is 26.7. The molecule has 206 valence electrons. The lowest BCUT2D eigenvalue weighted by atomic mass is 9.74. The Balaban J connectivity index is 1.29. The number of carbonyl (C=O) groups is 1. The quantitative estimate of drug-likeness (QED) is 0.262. The first-order chi connectivity index (χ1) is 18.9. The standard InChI is InChI=1S/C30H35FN4O4/c1-5-30(6-2)10-12-35(13-11-30)27(36)9-14-38-26-17-23-21(16-25(26)37-4)29(33-18-32-23)39-24-8-7-22-20(28(24)31)15-19(3)34-22/h7-8,15-18,34H,5-6,9-14H2,1-4H3. The summed E-state index contributed by atoms with van der Waals surface area (Å²) in [7, 11) is 1.53. The highest BCUT2D eigenvalue weighted by Crippen LogP contribution is 2.39. The molecule has 1 N–H and O–H groups in total. The zero-order valence-electron chi connectivity index (χ0n) is 23.0. The fourth-order valence-corrected chi connectivity index (χ4v) is 5.46. The molecule has 5 rings (SSSR count). The van der Waals surface area contributed by atoms with E-state index in [4.69, 9.17) is 14.2 Å². The van der Waals surface area contributed by atoms with Gasteiger partial charge < -0.3 is 24.1 Å². The minimum absolute atomic E-state index is 0.0622. The Morgan fingerprint density at radius 1 is 1.05 bits per heavy atom. The Morgan fingerprint density at radius 3 is 2.54 bits per heavy atom. The molecular weight excluding hydrogens is 499 g/mol. The van der Waals surface area contributed by atoms with Crippen molar-refractivity contribution in [2.75, 3.05) is 26.8 Å². The van der Waals surface area contributed by atoms with Gasteiger partial charge in [-0.2, -0.15) is 0 Å². The number of nitrogens with one attached hydrogen (secondary N) is 1. The lowest BCUT2D eigenvalue weighted by Gasteiger charge is -2.41. The zero-order chi connectivity index (χ0) is 27.6. The van der Waals surface area contributed by atoms with Crippen molar-refractivity contribution in [2.45, 2.75) is 52.9 Å². The molecule has 1 aliphatic rings. The van der Waals surface area contributed by atoms with Gasteiger partial charge >= 0.3 is 0 Å². The van der Waals surface area contributed by atoms with E-state index in [0.717, 1.165) is 44.5 Å².